The van der Waals surface area contributed by atoms with Crippen LogP contribution in [0.4, 0.5) is 0 Å². The van der Waals surface area contributed by atoms with Crippen LogP contribution >= 0.6 is 35.7 Å². The predicted octanol–water partition coefficient (Wildman–Crippen LogP) is 2.87. The maximum atomic E-state index is 5.98. The molecule has 0 radical (unpaired) electrons. The number of thioether (sulfide) groups is 1. The van der Waals surface area contributed by atoms with Crippen molar-refractivity contribution < 1.29 is 4.74 Å². The summed E-state index contributed by atoms with van der Waals surface area (Å²) in [6.07, 6.45) is 5.59. The number of hydrogen-bond donors (Lipinski definition) is 2. The van der Waals surface area contributed by atoms with E-state index in [0.717, 1.165) is 24.4 Å². The summed E-state index contributed by atoms with van der Waals surface area (Å²) in [5, 5.41) is 7.94. The van der Waals surface area contributed by atoms with Gasteiger partial charge in [0.05, 0.1) is 6.10 Å². The Morgan fingerprint density at radius 2 is 2.14 bits per heavy atom. The van der Waals surface area contributed by atoms with Gasteiger partial charge in [-0.25, -0.2) is 0 Å². The second kappa shape index (κ2) is 7.92. The molecule has 1 saturated carbocycles. The van der Waals surface area contributed by atoms with Crippen LogP contribution in [0.2, 0.25) is 0 Å². The summed E-state index contributed by atoms with van der Waals surface area (Å²) in [4.78, 5) is 4.42. The molecule has 0 bridgehead atoms. The summed E-state index contributed by atoms with van der Waals surface area (Å²) in [6.45, 7) is 6.60. The van der Waals surface area contributed by atoms with Gasteiger partial charge in [-0.3, -0.25) is 4.99 Å². The second-order valence-electron chi connectivity index (χ2n) is 7.13. The van der Waals surface area contributed by atoms with Gasteiger partial charge < -0.3 is 15.4 Å². The maximum Gasteiger partial charge on any atom is 0.191 e. The lowest BCUT2D eigenvalue weighted by atomic mass is 9.55. The van der Waals surface area contributed by atoms with E-state index in [0.29, 0.717) is 18.1 Å². The molecule has 3 aliphatic rings. The van der Waals surface area contributed by atoms with Gasteiger partial charge >= 0.3 is 0 Å². The minimum absolute atomic E-state index is 0. The summed E-state index contributed by atoms with van der Waals surface area (Å²) in [5.74, 6) is 2.92. The van der Waals surface area contributed by atoms with E-state index < -0.39 is 0 Å². The lowest BCUT2D eigenvalue weighted by molar-refractivity contribution is -0.188. The first-order valence-electron chi connectivity index (χ1n) is 8.33. The van der Waals surface area contributed by atoms with Gasteiger partial charge in [-0.15, -0.1) is 24.0 Å². The largest absolute Gasteiger partial charge is 0.377 e. The fraction of sp³-hybridized carbons (Fsp3) is 0.938. The van der Waals surface area contributed by atoms with Crippen LogP contribution in [0.25, 0.3) is 0 Å². The van der Waals surface area contributed by atoms with Crippen molar-refractivity contribution in [2.75, 3.05) is 26.0 Å². The van der Waals surface area contributed by atoms with Crippen LogP contribution in [-0.2, 0) is 4.74 Å². The zero-order chi connectivity index (χ0) is 14.9. The Morgan fingerprint density at radius 1 is 1.32 bits per heavy atom. The molecule has 3 fully saturated rings. The van der Waals surface area contributed by atoms with Crippen molar-refractivity contribution in [3.05, 3.63) is 0 Å². The molecule has 4 unspecified atom stereocenters. The Kier molecular flexibility index (Phi) is 6.71. The van der Waals surface area contributed by atoms with E-state index in [-0.39, 0.29) is 29.4 Å². The molecule has 0 aromatic carbocycles. The molecule has 0 amide bonds. The van der Waals surface area contributed by atoms with Gasteiger partial charge in [-0.1, -0.05) is 13.8 Å². The van der Waals surface area contributed by atoms with Crippen molar-refractivity contribution in [3.63, 3.8) is 0 Å². The van der Waals surface area contributed by atoms with E-state index in [2.05, 4.69) is 41.2 Å². The Labute approximate surface area is 156 Å². The lowest BCUT2D eigenvalue weighted by Gasteiger charge is -2.60. The molecule has 2 N–H and O–H groups in total. The highest BCUT2D eigenvalue weighted by Crippen LogP contribution is 2.51. The number of hydrogen-bond acceptors (Lipinski definition) is 3. The number of halogens is 1. The Balaban J connectivity index is 0.00000176. The van der Waals surface area contributed by atoms with Crippen LogP contribution in [0.3, 0.4) is 0 Å². The molecule has 2 heterocycles. The SMILES string of the molecule is CN=C(NCC1CCCS1)NC1C2CCCOC2C1(C)C.I. The van der Waals surface area contributed by atoms with Crippen LogP contribution in [-0.4, -0.2) is 49.3 Å². The van der Waals surface area contributed by atoms with Crippen molar-refractivity contribution in [1.82, 2.24) is 10.6 Å². The van der Waals surface area contributed by atoms with Crippen molar-refractivity contribution in [3.8, 4) is 0 Å². The van der Waals surface area contributed by atoms with Gasteiger partial charge in [0.1, 0.15) is 0 Å². The third-order valence-corrected chi connectivity index (χ3v) is 6.77. The van der Waals surface area contributed by atoms with E-state index >= 15 is 0 Å². The molecule has 0 aromatic rings. The highest BCUT2D eigenvalue weighted by Gasteiger charge is 2.58. The molecule has 3 rings (SSSR count). The second-order valence-corrected chi connectivity index (χ2v) is 8.54. The third-order valence-electron chi connectivity index (χ3n) is 5.37. The normalized spacial score (nSPS) is 36.8. The number of rotatable bonds is 3. The summed E-state index contributed by atoms with van der Waals surface area (Å²) in [7, 11) is 1.87. The third kappa shape index (κ3) is 3.69. The number of guanidine groups is 1. The quantitative estimate of drug-likeness (QED) is 0.404. The molecular weight excluding hydrogens is 409 g/mol. The van der Waals surface area contributed by atoms with Crippen LogP contribution in [0.15, 0.2) is 4.99 Å². The number of fused-ring (bicyclic) bond motifs is 1. The van der Waals surface area contributed by atoms with Gasteiger partial charge in [0.25, 0.3) is 0 Å². The fourth-order valence-corrected chi connectivity index (χ4v) is 5.37. The van der Waals surface area contributed by atoms with Gasteiger partial charge in [0.15, 0.2) is 5.96 Å². The average molecular weight is 439 g/mol. The molecule has 22 heavy (non-hydrogen) atoms. The smallest absolute Gasteiger partial charge is 0.191 e. The van der Waals surface area contributed by atoms with E-state index in [9.17, 15) is 0 Å². The molecule has 2 saturated heterocycles. The van der Waals surface area contributed by atoms with Crippen molar-refractivity contribution in [2.45, 2.75) is 56.9 Å². The Hall–Kier alpha value is 0.310. The lowest BCUT2D eigenvalue weighted by Crippen LogP contribution is -2.71. The first kappa shape index (κ1) is 18.6. The van der Waals surface area contributed by atoms with Crippen LogP contribution in [0.5, 0.6) is 0 Å². The number of nitrogens with zero attached hydrogens (tertiary/aromatic N) is 1. The highest BCUT2D eigenvalue weighted by molar-refractivity contribution is 14.0. The Bertz CT molecular complexity index is 399. The fourth-order valence-electron chi connectivity index (χ4n) is 4.17. The first-order chi connectivity index (χ1) is 10.1. The minimum atomic E-state index is 0. The van der Waals surface area contributed by atoms with Crippen LogP contribution in [0, 0.1) is 11.3 Å². The number of nitrogens with one attached hydrogen (secondary N) is 2. The topological polar surface area (TPSA) is 45.7 Å². The van der Waals surface area contributed by atoms with Gasteiger partial charge in [-0.2, -0.15) is 11.8 Å². The zero-order valence-corrected chi connectivity index (χ0v) is 17.1. The zero-order valence-electron chi connectivity index (χ0n) is 13.9. The minimum Gasteiger partial charge on any atom is -0.377 e. The molecule has 1 aliphatic carbocycles. The number of ether oxygens (including phenoxy) is 1. The van der Waals surface area contributed by atoms with Crippen LogP contribution in [0.1, 0.15) is 39.5 Å². The molecule has 4 atom stereocenters. The summed E-state index contributed by atoms with van der Waals surface area (Å²) >= 11 is 2.09. The Morgan fingerprint density at radius 3 is 2.82 bits per heavy atom. The monoisotopic (exact) mass is 439 g/mol. The molecule has 0 aromatic heterocycles. The summed E-state index contributed by atoms with van der Waals surface area (Å²) in [5.41, 5.74) is 0.199. The van der Waals surface area contributed by atoms with E-state index in [1.54, 1.807) is 0 Å². The molecule has 0 spiro atoms. The van der Waals surface area contributed by atoms with E-state index in [4.69, 9.17) is 4.74 Å². The summed E-state index contributed by atoms with van der Waals surface area (Å²) < 4.78 is 5.98. The van der Waals surface area contributed by atoms with Crippen molar-refractivity contribution in [2.24, 2.45) is 16.3 Å². The predicted molar refractivity (Wildman–Crippen MR) is 105 cm³/mol. The standard InChI is InChI=1S/C16H29N3OS.HI/c1-16(2)13(12-7-4-8-20-14(12)16)19-15(17-3)18-10-11-6-5-9-21-11;/h11-14H,4-10H2,1-3H3,(H2,17,18,19);1H. The molecule has 128 valence electrons. The maximum absolute atomic E-state index is 5.98. The van der Waals surface area contributed by atoms with E-state index in [1.807, 2.05) is 7.05 Å². The van der Waals surface area contributed by atoms with Crippen LogP contribution < -0.4 is 10.6 Å². The first-order valence-corrected chi connectivity index (χ1v) is 9.38. The van der Waals surface area contributed by atoms with Crippen molar-refractivity contribution in [1.29, 1.82) is 0 Å². The van der Waals surface area contributed by atoms with E-state index in [1.165, 1.54) is 31.4 Å². The molecule has 2 aliphatic heterocycles. The van der Waals surface area contributed by atoms with Gasteiger partial charge in [0, 0.05) is 42.8 Å². The highest BCUT2D eigenvalue weighted by atomic mass is 127. The molecule has 4 nitrogen and oxygen atoms in total. The van der Waals surface area contributed by atoms with Gasteiger partial charge in [-0.05, 0) is 31.4 Å². The van der Waals surface area contributed by atoms with Gasteiger partial charge in [0.2, 0.25) is 0 Å². The number of aliphatic imine (C=N–C) groups is 1. The average Bonchev–Trinajstić information content (AvgIpc) is 3.00. The molecule has 6 heteroatoms. The molecular formula is C16H30IN3OS. The van der Waals surface area contributed by atoms with Crippen molar-refractivity contribution >= 4 is 41.7 Å². The summed E-state index contributed by atoms with van der Waals surface area (Å²) in [6, 6.07) is 0.477.